The van der Waals surface area contributed by atoms with Gasteiger partial charge in [0, 0.05) is 30.1 Å². The number of halogens is 2. The number of nitrogens with zero attached hydrogens (tertiary/aromatic N) is 2. The Morgan fingerprint density at radius 3 is 2.64 bits per heavy atom. The Morgan fingerprint density at radius 1 is 1.18 bits per heavy atom. The molecule has 0 amide bonds. The Labute approximate surface area is 188 Å². The van der Waals surface area contributed by atoms with Crippen LogP contribution in [0.15, 0.2) is 46.8 Å². The molecule has 1 aliphatic rings. The fourth-order valence-electron chi connectivity index (χ4n) is 3.35. The lowest BCUT2D eigenvalue weighted by molar-refractivity contribution is 0.179. The molecule has 2 aromatic rings. The fourth-order valence-corrected chi connectivity index (χ4v) is 4.09. The molecular weight excluding hydrogens is 486 g/mol. The van der Waals surface area contributed by atoms with E-state index in [1.54, 1.807) is 12.1 Å². The molecule has 7 heteroatoms. The molecule has 2 heterocycles. The van der Waals surface area contributed by atoms with E-state index < -0.39 is 0 Å². The molecule has 3 rings (SSSR count). The second kappa shape index (κ2) is 12.4. The summed E-state index contributed by atoms with van der Waals surface area (Å²) in [6.45, 7) is 7.47. The minimum atomic E-state index is -0.199. The van der Waals surface area contributed by atoms with Gasteiger partial charge in [-0.1, -0.05) is 24.3 Å². The van der Waals surface area contributed by atoms with Crippen molar-refractivity contribution in [3.63, 3.8) is 0 Å². The van der Waals surface area contributed by atoms with E-state index >= 15 is 0 Å². The van der Waals surface area contributed by atoms with Gasteiger partial charge >= 0.3 is 0 Å². The maximum atomic E-state index is 13.8. The molecule has 1 aromatic carbocycles. The van der Waals surface area contributed by atoms with E-state index in [1.807, 2.05) is 24.3 Å². The molecule has 0 radical (unpaired) electrons. The van der Waals surface area contributed by atoms with Crippen LogP contribution in [-0.4, -0.2) is 37.0 Å². The molecule has 2 N–H and O–H groups in total. The third-order valence-corrected chi connectivity index (χ3v) is 5.80. The van der Waals surface area contributed by atoms with E-state index in [0.29, 0.717) is 18.0 Å². The molecule has 1 aliphatic heterocycles. The van der Waals surface area contributed by atoms with E-state index in [9.17, 15) is 4.39 Å². The number of rotatable bonds is 7. The number of aliphatic imine (C=N–C) groups is 1. The van der Waals surface area contributed by atoms with E-state index in [1.165, 1.54) is 23.8 Å². The molecule has 0 bridgehead atoms. The van der Waals surface area contributed by atoms with Crippen molar-refractivity contribution in [2.75, 3.05) is 26.2 Å². The lowest BCUT2D eigenvalue weighted by Crippen LogP contribution is -2.42. The first kappa shape index (κ1) is 23.1. The van der Waals surface area contributed by atoms with Crippen molar-refractivity contribution in [1.29, 1.82) is 0 Å². The zero-order valence-corrected chi connectivity index (χ0v) is 19.5. The number of hydrogen-bond acceptors (Lipinski definition) is 3. The Bertz CT molecular complexity index is 715. The lowest BCUT2D eigenvalue weighted by Gasteiger charge is -2.32. The number of hydrogen-bond donors (Lipinski definition) is 2. The second-order valence-electron chi connectivity index (χ2n) is 6.97. The Morgan fingerprint density at radius 2 is 1.96 bits per heavy atom. The maximum absolute atomic E-state index is 13.8. The van der Waals surface area contributed by atoms with Crippen molar-refractivity contribution in [3.8, 4) is 0 Å². The van der Waals surface area contributed by atoms with Crippen molar-refractivity contribution in [2.45, 2.75) is 32.9 Å². The molecule has 1 saturated heterocycles. The Hall–Kier alpha value is -1.19. The molecule has 1 aromatic heterocycles. The highest BCUT2D eigenvalue weighted by Crippen LogP contribution is 2.20. The van der Waals surface area contributed by atoms with Gasteiger partial charge in [0.05, 0.1) is 6.54 Å². The molecule has 28 heavy (non-hydrogen) atoms. The molecular formula is C21H30FIN4S. The number of nitrogens with one attached hydrogen (secondary N) is 2. The summed E-state index contributed by atoms with van der Waals surface area (Å²) < 4.78 is 13.8. The van der Waals surface area contributed by atoms with Gasteiger partial charge in [-0.05, 0) is 56.3 Å². The van der Waals surface area contributed by atoms with Gasteiger partial charge in [-0.2, -0.15) is 0 Å². The molecule has 0 aliphatic carbocycles. The Balaban J connectivity index is 0.00000280. The smallest absolute Gasteiger partial charge is 0.191 e. The summed E-state index contributed by atoms with van der Waals surface area (Å²) in [4.78, 5) is 8.53. The van der Waals surface area contributed by atoms with Crippen molar-refractivity contribution in [3.05, 3.63) is 58.0 Å². The minimum Gasteiger partial charge on any atom is -0.357 e. The SMILES string of the molecule is CCNC(=NCc1ccccc1F)NCC1CCN(Cc2cccs2)CC1.I. The quantitative estimate of drug-likeness (QED) is 0.324. The topological polar surface area (TPSA) is 39.7 Å². The zero-order valence-electron chi connectivity index (χ0n) is 16.4. The predicted octanol–water partition coefficient (Wildman–Crippen LogP) is 4.47. The van der Waals surface area contributed by atoms with Gasteiger partial charge in [0.15, 0.2) is 5.96 Å². The van der Waals surface area contributed by atoms with Crippen LogP contribution in [0.2, 0.25) is 0 Å². The number of benzene rings is 1. The number of piperidine rings is 1. The van der Waals surface area contributed by atoms with E-state index in [2.05, 4.69) is 38.0 Å². The molecule has 0 unspecified atom stereocenters. The first-order valence-corrected chi connectivity index (χ1v) is 10.6. The minimum absolute atomic E-state index is 0. The second-order valence-corrected chi connectivity index (χ2v) is 8.00. The highest BCUT2D eigenvalue weighted by molar-refractivity contribution is 14.0. The van der Waals surface area contributed by atoms with Crippen molar-refractivity contribution >= 4 is 41.3 Å². The van der Waals surface area contributed by atoms with E-state index in [0.717, 1.165) is 38.7 Å². The van der Waals surface area contributed by atoms with Crippen LogP contribution in [-0.2, 0) is 13.1 Å². The summed E-state index contributed by atoms with van der Waals surface area (Å²) in [6.07, 6.45) is 2.40. The van der Waals surface area contributed by atoms with Crippen LogP contribution in [0, 0.1) is 11.7 Å². The summed E-state index contributed by atoms with van der Waals surface area (Å²) in [6, 6.07) is 11.2. The summed E-state index contributed by atoms with van der Waals surface area (Å²) in [5.41, 5.74) is 0.622. The van der Waals surface area contributed by atoms with Crippen molar-refractivity contribution < 1.29 is 4.39 Å². The van der Waals surface area contributed by atoms with Crippen LogP contribution in [0.1, 0.15) is 30.2 Å². The molecule has 1 fully saturated rings. The van der Waals surface area contributed by atoms with Gasteiger partial charge in [-0.25, -0.2) is 9.38 Å². The Kier molecular flexibility index (Phi) is 10.2. The van der Waals surface area contributed by atoms with Crippen LogP contribution in [0.5, 0.6) is 0 Å². The van der Waals surface area contributed by atoms with E-state index in [-0.39, 0.29) is 29.8 Å². The molecule has 0 saturated carbocycles. The van der Waals surface area contributed by atoms with Crippen LogP contribution in [0.25, 0.3) is 0 Å². The first-order chi connectivity index (χ1) is 13.2. The largest absolute Gasteiger partial charge is 0.357 e. The lowest BCUT2D eigenvalue weighted by atomic mass is 9.97. The van der Waals surface area contributed by atoms with Gasteiger partial charge in [0.1, 0.15) is 5.82 Å². The monoisotopic (exact) mass is 516 g/mol. The van der Waals surface area contributed by atoms with Gasteiger partial charge in [0.2, 0.25) is 0 Å². The van der Waals surface area contributed by atoms with Gasteiger partial charge in [-0.15, -0.1) is 35.3 Å². The summed E-state index contributed by atoms with van der Waals surface area (Å²) in [5.74, 6) is 1.22. The molecule has 0 spiro atoms. The highest BCUT2D eigenvalue weighted by Gasteiger charge is 2.19. The third kappa shape index (κ3) is 7.33. The molecule has 0 atom stereocenters. The average Bonchev–Trinajstić information content (AvgIpc) is 3.19. The van der Waals surface area contributed by atoms with Gasteiger partial charge < -0.3 is 10.6 Å². The molecule has 4 nitrogen and oxygen atoms in total. The summed E-state index contributed by atoms with van der Waals surface area (Å²) in [7, 11) is 0. The zero-order chi connectivity index (χ0) is 18.9. The predicted molar refractivity (Wildman–Crippen MR) is 127 cm³/mol. The first-order valence-electron chi connectivity index (χ1n) is 9.75. The van der Waals surface area contributed by atoms with Crippen LogP contribution in [0.3, 0.4) is 0 Å². The normalized spacial score (nSPS) is 15.9. The van der Waals surface area contributed by atoms with Gasteiger partial charge in [-0.3, -0.25) is 4.90 Å². The standard InChI is InChI=1S/C21H29FN4S.HI/c1-2-23-21(25-15-18-6-3-4-8-20(18)22)24-14-17-9-11-26(12-10-17)16-19-7-5-13-27-19;/h3-8,13,17H,2,9-12,14-16H2,1H3,(H2,23,24,25);1H. The van der Waals surface area contributed by atoms with Crippen LogP contribution in [0.4, 0.5) is 4.39 Å². The number of likely N-dealkylation sites (tertiary alicyclic amines) is 1. The highest BCUT2D eigenvalue weighted by atomic mass is 127. The fraction of sp³-hybridized carbons (Fsp3) is 0.476. The van der Waals surface area contributed by atoms with Crippen molar-refractivity contribution in [1.82, 2.24) is 15.5 Å². The summed E-state index contributed by atoms with van der Waals surface area (Å²) in [5, 5.41) is 8.85. The van der Waals surface area contributed by atoms with Gasteiger partial charge in [0.25, 0.3) is 0 Å². The molecule has 154 valence electrons. The number of thiophene rings is 1. The van der Waals surface area contributed by atoms with E-state index in [4.69, 9.17) is 0 Å². The maximum Gasteiger partial charge on any atom is 0.191 e. The summed E-state index contributed by atoms with van der Waals surface area (Å²) >= 11 is 1.84. The van der Waals surface area contributed by atoms with Crippen LogP contribution >= 0.6 is 35.3 Å². The third-order valence-electron chi connectivity index (χ3n) is 4.93. The van der Waals surface area contributed by atoms with Crippen molar-refractivity contribution in [2.24, 2.45) is 10.9 Å². The average molecular weight is 516 g/mol. The van der Waals surface area contributed by atoms with Crippen LogP contribution < -0.4 is 10.6 Å². The number of guanidine groups is 1.